The zero-order chi connectivity index (χ0) is 22.0. The Bertz CT molecular complexity index is 1260. The molecule has 1 amide bonds. The molecule has 2 heterocycles. The summed E-state index contributed by atoms with van der Waals surface area (Å²) in [5.74, 6) is -1.03. The van der Waals surface area contributed by atoms with E-state index < -0.39 is 18.5 Å². The second kappa shape index (κ2) is 8.61. The number of amides is 1. The Kier molecular flexibility index (Phi) is 5.73. The van der Waals surface area contributed by atoms with Crippen molar-refractivity contribution < 1.29 is 18.7 Å². The average Bonchev–Trinajstić information content (AvgIpc) is 3.38. The maximum Gasteiger partial charge on any atom is 0.310 e. The SMILES string of the molecule is Cc1cc2occ(CC(=O)OCC(=O)Nc3cc(Cl)ccc3-n3cncn3)c2cc1C. The van der Waals surface area contributed by atoms with E-state index in [-0.39, 0.29) is 6.42 Å². The predicted molar refractivity (Wildman–Crippen MR) is 115 cm³/mol. The summed E-state index contributed by atoms with van der Waals surface area (Å²) in [6.45, 7) is 3.56. The van der Waals surface area contributed by atoms with Crippen LogP contribution in [0.25, 0.3) is 16.7 Å². The van der Waals surface area contributed by atoms with Crippen molar-refractivity contribution in [3.63, 3.8) is 0 Å². The molecule has 1 N–H and O–H groups in total. The number of carbonyl (C=O) groups excluding carboxylic acids is 2. The largest absolute Gasteiger partial charge is 0.464 e. The second-order valence-electron chi connectivity index (χ2n) is 7.08. The van der Waals surface area contributed by atoms with Gasteiger partial charge in [-0.1, -0.05) is 11.6 Å². The summed E-state index contributed by atoms with van der Waals surface area (Å²) < 4.78 is 12.2. The molecule has 0 spiro atoms. The molecule has 0 fully saturated rings. The lowest BCUT2D eigenvalue weighted by Crippen LogP contribution is -2.22. The third-order valence-electron chi connectivity index (χ3n) is 4.87. The van der Waals surface area contributed by atoms with E-state index in [9.17, 15) is 9.59 Å². The molecule has 0 atom stereocenters. The molecule has 9 heteroatoms. The van der Waals surface area contributed by atoms with Gasteiger partial charge in [0.15, 0.2) is 6.61 Å². The Morgan fingerprint density at radius 1 is 1.19 bits per heavy atom. The number of hydrogen-bond acceptors (Lipinski definition) is 6. The molecule has 8 nitrogen and oxygen atoms in total. The van der Waals surface area contributed by atoms with Crippen LogP contribution in [-0.2, 0) is 20.7 Å². The summed E-state index contributed by atoms with van der Waals surface area (Å²) in [6, 6.07) is 8.87. The summed E-state index contributed by atoms with van der Waals surface area (Å²) in [5.41, 5.74) is 4.64. The van der Waals surface area contributed by atoms with Crippen molar-refractivity contribution in [2.45, 2.75) is 20.3 Å². The highest BCUT2D eigenvalue weighted by Crippen LogP contribution is 2.26. The van der Waals surface area contributed by atoms with Gasteiger partial charge >= 0.3 is 5.97 Å². The van der Waals surface area contributed by atoms with E-state index in [1.54, 1.807) is 24.5 Å². The Hall–Kier alpha value is -3.65. The zero-order valence-electron chi connectivity index (χ0n) is 16.9. The van der Waals surface area contributed by atoms with Crippen LogP contribution in [0.3, 0.4) is 0 Å². The highest BCUT2D eigenvalue weighted by Gasteiger charge is 2.15. The Labute approximate surface area is 182 Å². The number of halogens is 1. The number of aryl methyl sites for hydroxylation is 2. The lowest BCUT2D eigenvalue weighted by molar-refractivity contribution is -0.146. The quantitative estimate of drug-likeness (QED) is 0.456. The van der Waals surface area contributed by atoms with Crippen molar-refractivity contribution >= 4 is 40.1 Å². The lowest BCUT2D eigenvalue weighted by atomic mass is 10.0. The molecule has 158 valence electrons. The number of furan rings is 1. The van der Waals surface area contributed by atoms with E-state index in [2.05, 4.69) is 15.4 Å². The number of fused-ring (bicyclic) bond motifs is 1. The van der Waals surface area contributed by atoms with Gasteiger partial charge in [-0.05, 0) is 55.3 Å². The molecular formula is C22H19ClN4O4. The minimum absolute atomic E-state index is 0.00412. The van der Waals surface area contributed by atoms with E-state index in [1.165, 1.54) is 17.3 Å². The first kappa shape index (κ1) is 20.6. The molecule has 2 aromatic heterocycles. The molecule has 2 aromatic carbocycles. The minimum atomic E-state index is -0.529. The van der Waals surface area contributed by atoms with Crippen LogP contribution in [0, 0.1) is 13.8 Å². The van der Waals surface area contributed by atoms with Gasteiger partial charge in [0.1, 0.15) is 18.2 Å². The molecule has 4 aromatic rings. The smallest absolute Gasteiger partial charge is 0.310 e. The highest BCUT2D eigenvalue weighted by molar-refractivity contribution is 6.31. The molecule has 0 bridgehead atoms. The van der Waals surface area contributed by atoms with E-state index in [1.807, 2.05) is 26.0 Å². The first-order valence-electron chi connectivity index (χ1n) is 9.48. The van der Waals surface area contributed by atoms with Crippen molar-refractivity contribution in [2.75, 3.05) is 11.9 Å². The number of rotatable bonds is 6. The van der Waals surface area contributed by atoms with E-state index in [0.717, 1.165) is 16.5 Å². The molecule has 0 saturated carbocycles. The number of ether oxygens (including phenoxy) is 1. The van der Waals surface area contributed by atoms with E-state index >= 15 is 0 Å². The van der Waals surface area contributed by atoms with Gasteiger partial charge in [-0.3, -0.25) is 9.59 Å². The summed E-state index contributed by atoms with van der Waals surface area (Å²) in [7, 11) is 0. The average molecular weight is 439 g/mol. The first-order valence-corrected chi connectivity index (χ1v) is 9.86. The Balaban J connectivity index is 1.39. The van der Waals surface area contributed by atoms with Gasteiger partial charge in [-0.25, -0.2) is 9.67 Å². The topological polar surface area (TPSA) is 99.2 Å². The number of nitrogens with one attached hydrogen (secondary N) is 1. The van der Waals surface area contributed by atoms with Gasteiger partial charge < -0.3 is 14.5 Å². The fourth-order valence-electron chi connectivity index (χ4n) is 3.15. The zero-order valence-corrected chi connectivity index (χ0v) is 17.6. The Morgan fingerprint density at radius 3 is 2.77 bits per heavy atom. The molecule has 0 unspecified atom stereocenters. The molecule has 0 aliphatic carbocycles. The van der Waals surface area contributed by atoms with Crippen LogP contribution in [0.4, 0.5) is 5.69 Å². The number of benzene rings is 2. The number of nitrogens with zero attached hydrogens (tertiary/aromatic N) is 3. The number of aromatic nitrogens is 3. The predicted octanol–water partition coefficient (Wildman–Crippen LogP) is 4.01. The van der Waals surface area contributed by atoms with Gasteiger partial charge in [-0.15, -0.1) is 0 Å². The molecule has 0 radical (unpaired) electrons. The Morgan fingerprint density at radius 2 is 2.00 bits per heavy atom. The third kappa shape index (κ3) is 4.59. The van der Waals surface area contributed by atoms with Crippen LogP contribution in [0.5, 0.6) is 0 Å². The summed E-state index contributed by atoms with van der Waals surface area (Å²) in [6.07, 6.45) is 4.42. The first-order chi connectivity index (χ1) is 14.9. The number of carbonyl (C=O) groups is 2. The van der Waals surface area contributed by atoms with Gasteiger partial charge in [-0.2, -0.15) is 5.10 Å². The van der Waals surface area contributed by atoms with Crippen LogP contribution in [0.1, 0.15) is 16.7 Å². The van der Waals surface area contributed by atoms with Gasteiger partial charge in [0.2, 0.25) is 0 Å². The number of hydrogen-bond donors (Lipinski definition) is 1. The monoisotopic (exact) mass is 438 g/mol. The fourth-order valence-corrected chi connectivity index (χ4v) is 3.32. The van der Waals surface area contributed by atoms with Crippen molar-refractivity contribution in [3.8, 4) is 5.69 Å². The molecular weight excluding hydrogens is 420 g/mol. The second-order valence-corrected chi connectivity index (χ2v) is 7.52. The van der Waals surface area contributed by atoms with Crippen LogP contribution in [0.2, 0.25) is 5.02 Å². The van der Waals surface area contributed by atoms with Gasteiger partial charge in [0.25, 0.3) is 5.91 Å². The van der Waals surface area contributed by atoms with Gasteiger partial charge in [0.05, 0.1) is 24.1 Å². The normalized spacial score (nSPS) is 10.9. The van der Waals surface area contributed by atoms with Crippen molar-refractivity contribution in [1.29, 1.82) is 0 Å². The van der Waals surface area contributed by atoms with Gasteiger partial charge in [0, 0.05) is 16.0 Å². The molecule has 0 aliphatic heterocycles. The highest BCUT2D eigenvalue weighted by atomic mass is 35.5. The third-order valence-corrected chi connectivity index (χ3v) is 5.10. The molecule has 31 heavy (non-hydrogen) atoms. The van der Waals surface area contributed by atoms with Crippen LogP contribution < -0.4 is 5.32 Å². The minimum Gasteiger partial charge on any atom is -0.464 e. The van der Waals surface area contributed by atoms with Crippen molar-refractivity contribution in [3.05, 3.63) is 71.0 Å². The number of esters is 1. The van der Waals surface area contributed by atoms with Crippen molar-refractivity contribution in [1.82, 2.24) is 14.8 Å². The molecule has 0 saturated heterocycles. The summed E-state index contributed by atoms with van der Waals surface area (Å²) >= 11 is 6.05. The fraction of sp³-hybridized carbons (Fsp3) is 0.182. The maximum atomic E-state index is 12.4. The van der Waals surface area contributed by atoms with E-state index in [4.69, 9.17) is 20.8 Å². The van der Waals surface area contributed by atoms with Crippen molar-refractivity contribution in [2.24, 2.45) is 0 Å². The molecule has 4 rings (SSSR count). The lowest BCUT2D eigenvalue weighted by Gasteiger charge is -2.11. The van der Waals surface area contributed by atoms with Crippen LogP contribution in [-0.4, -0.2) is 33.2 Å². The standard InChI is InChI=1S/C22H19ClN4O4/c1-13-5-17-15(9-30-20(17)6-14(13)2)7-22(29)31-10-21(28)26-18-8-16(23)3-4-19(18)27-12-24-11-25-27/h3-6,8-9,11-12H,7,10H2,1-2H3,(H,26,28). The molecule has 0 aliphatic rings. The maximum absolute atomic E-state index is 12.4. The number of anilines is 1. The van der Waals surface area contributed by atoms with Crippen LogP contribution >= 0.6 is 11.6 Å². The van der Waals surface area contributed by atoms with E-state index in [0.29, 0.717) is 27.5 Å². The van der Waals surface area contributed by atoms with Crippen LogP contribution in [0.15, 0.2) is 53.7 Å². The summed E-state index contributed by atoms with van der Waals surface area (Å²) in [4.78, 5) is 28.5. The summed E-state index contributed by atoms with van der Waals surface area (Å²) in [5, 5.41) is 8.04.